The molecule has 0 aliphatic carbocycles. The van der Waals surface area contributed by atoms with Crippen LogP contribution in [0.1, 0.15) is 15.9 Å². The van der Waals surface area contributed by atoms with Gasteiger partial charge in [0.05, 0.1) is 40.5 Å². The maximum absolute atomic E-state index is 15.1. The minimum absolute atomic E-state index is 0.0400. The van der Waals surface area contributed by atoms with E-state index < -0.39 is 30.4 Å². The zero-order chi connectivity index (χ0) is 30.1. The molecule has 4 N–H and O–H groups in total. The molecule has 0 spiro atoms. The van der Waals surface area contributed by atoms with Crippen molar-refractivity contribution >= 4 is 34.2 Å². The van der Waals surface area contributed by atoms with Crippen molar-refractivity contribution in [1.82, 2.24) is 14.9 Å². The number of hydrogen-bond donors (Lipinski definition) is 3. The predicted octanol–water partition coefficient (Wildman–Crippen LogP) is 4.93. The van der Waals surface area contributed by atoms with E-state index in [-0.39, 0.29) is 28.4 Å². The number of pyridine rings is 1. The Morgan fingerprint density at radius 3 is 2.54 bits per heavy atom. The lowest BCUT2D eigenvalue weighted by Gasteiger charge is -2.14. The highest BCUT2D eigenvalue weighted by Gasteiger charge is 2.29. The highest BCUT2D eigenvalue weighted by atomic mass is 19.4. The fourth-order valence-electron chi connectivity index (χ4n) is 4.47. The number of benzene rings is 2. The summed E-state index contributed by atoms with van der Waals surface area (Å²) in [6.07, 6.45) is -2.31. The van der Waals surface area contributed by atoms with Crippen LogP contribution in [-0.2, 0) is 11.8 Å². The van der Waals surface area contributed by atoms with Gasteiger partial charge in [0.1, 0.15) is 30.0 Å². The first kappa shape index (κ1) is 28.6. The number of aryl methyl sites for hydroxylation is 1. The molecule has 2 aromatic heterocycles. The first-order valence-electron chi connectivity index (χ1n) is 11.8. The number of carbonyl (C=O) groups is 2. The summed E-state index contributed by atoms with van der Waals surface area (Å²) >= 11 is 0. The van der Waals surface area contributed by atoms with Crippen molar-refractivity contribution in [2.24, 2.45) is 7.05 Å². The van der Waals surface area contributed by atoms with Crippen LogP contribution >= 0.6 is 0 Å². The average Bonchev–Trinajstić information content (AvgIpc) is 3.26. The number of ether oxygens (including phenoxy) is 1. The molecule has 2 heterocycles. The second-order valence-electron chi connectivity index (χ2n) is 8.78. The summed E-state index contributed by atoms with van der Waals surface area (Å²) in [5.74, 6) is -2.35. The molecule has 0 atom stereocenters. The van der Waals surface area contributed by atoms with E-state index in [4.69, 9.17) is 10.5 Å². The molecule has 0 radical (unpaired) electrons. The molecule has 210 valence electrons. The zero-order valence-electron chi connectivity index (χ0n) is 21.7. The number of nitriles is 1. The van der Waals surface area contributed by atoms with Crippen LogP contribution < -0.4 is 21.1 Å². The summed E-state index contributed by atoms with van der Waals surface area (Å²) in [6, 6.07) is 10.3. The van der Waals surface area contributed by atoms with Crippen LogP contribution in [0.5, 0.6) is 5.75 Å². The van der Waals surface area contributed by atoms with Gasteiger partial charge in [0.25, 0.3) is 5.91 Å². The second-order valence-corrected chi connectivity index (χ2v) is 8.78. The first-order valence-corrected chi connectivity index (χ1v) is 11.8. The number of anilines is 2. The van der Waals surface area contributed by atoms with Crippen molar-refractivity contribution in [3.8, 4) is 34.2 Å². The van der Waals surface area contributed by atoms with E-state index >= 15 is 4.39 Å². The Balaban J connectivity index is 1.96. The van der Waals surface area contributed by atoms with E-state index in [0.717, 1.165) is 6.08 Å². The van der Waals surface area contributed by atoms with Gasteiger partial charge in [0.15, 0.2) is 0 Å². The number of amides is 2. The van der Waals surface area contributed by atoms with Gasteiger partial charge < -0.3 is 25.7 Å². The Hall–Kier alpha value is -5.38. The molecule has 0 saturated heterocycles. The molecule has 0 aliphatic rings. The second kappa shape index (κ2) is 11.0. The van der Waals surface area contributed by atoms with Crippen molar-refractivity contribution in [2.75, 3.05) is 24.7 Å². The number of halogens is 4. The highest BCUT2D eigenvalue weighted by molar-refractivity contribution is 6.11. The maximum atomic E-state index is 15.1. The van der Waals surface area contributed by atoms with E-state index in [1.807, 2.05) is 0 Å². The Labute approximate surface area is 230 Å². The number of carbonyl (C=O) groups excluding carboxylic acids is 2. The number of nitrogens with zero attached hydrogens (tertiary/aromatic N) is 3. The fraction of sp³-hybridized carbons (Fsp3) is 0.143. The van der Waals surface area contributed by atoms with Crippen LogP contribution in [-0.4, -0.2) is 41.2 Å². The third-order valence-corrected chi connectivity index (χ3v) is 6.23. The van der Waals surface area contributed by atoms with Crippen molar-refractivity contribution in [1.29, 1.82) is 5.26 Å². The molecule has 0 unspecified atom stereocenters. The standard InChI is InChI=1S/C28H22F4N6O3/c1-4-21(39)37-19-8-6-15(9-18(19)29)24-22(23-25(38(24)2)16(11-33)12-35-26(23)34)14-5-7-17(20(10-14)41-3)27(40)36-13-28(30,31)32/h4-10,12H,1,13H2,2-3H3,(H2,34,35)(H,36,40)(H,37,39). The van der Waals surface area contributed by atoms with Crippen molar-refractivity contribution in [3.63, 3.8) is 0 Å². The lowest BCUT2D eigenvalue weighted by molar-refractivity contribution is -0.123. The minimum atomic E-state index is -4.61. The summed E-state index contributed by atoms with van der Waals surface area (Å²) < 4.78 is 60.0. The van der Waals surface area contributed by atoms with Gasteiger partial charge in [-0.25, -0.2) is 9.37 Å². The molecular formula is C28H22F4N6O3. The molecule has 41 heavy (non-hydrogen) atoms. The number of hydrogen-bond acceptors (Lipinski definition) is 6. The van der Waals surface area contributed by atoms with Gasteiger partial charge in [0.2, 0.25) is 5.91 Å². The summed E-state index contributed by atoms with van der Waals surface area (Å²) in [6.45, 7) is 1.81. The van der Waals surface area contributed by atoms with Crippen molar-refractivity contribution in [2.45, 2.75) is 6.18 Å². The smallest absolute Gasteiger partial charge is 0.405 e. The minimum Gasteiger partial charge on any atom is -0.496 e. The molecule has 13 heteroatoms. The Bertz CT molecular complexity index is 1750. The Morgan fingerprint density at radius 1 is 1.22 bits per heavy atom. The summed E-state index contributed by atoms with van der Waals surface area (Å²) in [5.41, 5.74) is 8.11. The van der Waals surface area contributed by atoms with Crippen LogP contribution in [0, 0.1) is 17.1 Å². The molecule has 9 nitrogen and oxygen atoms in total. The molecular weight excluding hydrogens is 544 g/mol. The molecule has 2 aromatic carbocycles. The summed E-state index contributed by atoms with van der Waals surface area (Å²) in [7, 11) is 2.89. The lowest BCUT2D eigenvalue weighted by Crippen LogP contribution is -2.33. The Morgan fingerprint density at radius 2 is 1.93 bits per heavy atom. The van der Waals surface area contributed by atoms with Crippen LogP contribution in [0.4, 0.5) is 29.1 Å². The topological polar surface area (TPSA) is 135 Å². The molecule has 4 aromatic rings. The van der Waals surface area contributed by atoms with Gasteiger partial charge in [0, 0.05) is 24.4 Å². The molecule has 0 saturated carbocycles. The number of rotatable bonds is 7. The quantitative estimate of drug-likeness (QED) is 0.215. The van der Waals surface area contributed by atoms with E-state index in [2.05, 4.69) is 22.9 Å². The van der Waals surface area contributed by atoms with Crippen molar-refractivity contribution < 1.29 is 31.9 Å². The van der Waals surface area contributed by atoms with Gasteiger partial charge >= 0.3 is 6.18 Å². The third-order valence-electron chi connectivity index (χ3n) is 6.23. The normalized spacial score (nSPS) is 11.1. The van der Waals surface area contributed by atoms with E-state index in [0.29, 0.717) is 33.3 Å². The summed E-state index contributed by atoms with van der Waals surface area (Å²) in [4.78, 5) is 28.3. The number of fused-ring (bicyclic) bond motifs is 1. The molecule has 0 aliphatic heterocycles. The molecule has 0 bridgehead atoms. The zero-order valence-corrected chi connectivity index (χ0v) is 21.7. The fourth-order valence-corrected chi connectivity index (χ4v) is 4.47. The van der Waals surface area contributed by atoms with Crippen LogP contribution in [0.25, 0.3) is 33.3 Å². The number of aromatic nitrogens is 2. The number of nitrogen functional groups attached to an aromatic ring is 1. The van der Waals surface area contributed by atoms with E-state index in [1.54, 1.807) is 23.0 Å². The number of methoxy groups -OCH3 is 1. The van der Waals surface area contributed by atoms with Crippen LogP contribution in [0.15, 0.2) is 55.3 Å². The molecule has 4 rings (SSSR count). The monoisotopic (exact) mass is 566 g/mol. The van der Waals surface area contributed by atoms with E-state index in [1.165, 1.54) is 43.6 Å². The van der Waals surface area contributed by atoms with E-state index in [9.17, 15) is 28.0 Å². The molecule has 0 fully saturated rings. The predicted molar refractivity (Wildman–Crippen MR) is 144 cm³/mol. The number of nitrogens with one attached hydrogen (secondary N) is 2. The van der Waals surface area contributed by atoms with Gasteiger partial charge in [-0.15, -0.1) is 0 Å². The average molecular weight is 567 g/mol. The van der Waals surface area contributed by atoms with Crippen LogP contribution in [0.3, 0.4) is 0 Å². The van der Waals surface area contributed by atoms with Gasteiger partial charge in [-0.2, -0.15) is 18.4 Å². The third kappa shape index (κ3) is 5.53. The maximum Gasteiger partial charge on any atom is 0.405 e. The lowest BCUT2D eigenvalue weighted by atomic mass is 9.96. The van der Waals surface area contributed by atoms with Gasteiger partial charge in [-0.05, 0) is 35.9 Å². The largest absolute Gasteiger partial charge is 0.496 e. The van der Waals surface area contributed by atoms with Crippen LogP contribution in [0.2, 0.25) is 0 Å². The number of alkyl halides is 3. The molecule has 2 amide bonds. The van der Waals surface area contributed by atoms with Crippen molar-refractivity contribution in [3.05, 3.63) is 72.2 Å². The number of nitrogens with two attached hydrogens (primary N) is 1. The van der Waals surface area contributed by atoms with Gasteiger partial charge in [-0.3, -0.25) is 9.59 Å². The Kier molecular flexibility index (Phi) is 7.69. The van der Waals surface area contributed by atoms with Gasteiger partial charge in [-0.1, -0.05) is 18.7 Å². The summed E-state index contributed by atoms with van der Waals surface area (Å²) in [5, 5.41) is 14.3. The first-order chi connectivity index (χ1) is 19.4. The SMILES string of the molecule is C=CC(=O)Nc1ccc(-c2c(-c3ccc(C(=O)NCC(F)(F)F)c(OC)c3)c3c(N)ncc(C#N)c3n2C)cc1F. The highest BCUT2D eigenvalue weighted by Crippen LogP contribution is 2.44.